The molecule has 27 heavy (non-hydrogen) atoms. The Hall–Kier alpha value is -3.67. The van der Waals surface area contributed by atoms with Crippen LogP contribution in [0.5, 0.6) is 5.75 Å². The number of aromatic nitrogens is 2. The number of anilines is 1. The molecule has 0 saturated carbocycles. The number of carbonyl (C=O) groups excluding carboxylic acids is 1. The average Bonchev–Trinajstić information content (AvgIpc) is 3.05. The molecule has 0 bridgehead atoms. The summed E-state index contributed by atoms with van der Waals surface area (Å²) < 4.78 is 5.30. The number of carbonyl (C=O) groups is 1. The van der Waals surface area contributed by atoms with Crippen molar-refractivity contribution in [1.29, 1.82) is 0 Å². The smallest absolute Gasteiger partial charge is 0.259 e. The number of rotatable bonds is 3. The van der Waals surface area contributed by atoms with E-state index in [9.17, 15) is 9.90 Å². The van der Waals surface area contributed by atoms with Crippen LogP contribution in [-0.2, 0) is 0 Å². The van der Waals surface area contributed by atoms with Crippen LogP contribution < -0.4 is 5.32 Å². The Bertz CT molecular complexity index is 1150. The minimum atomic E-state index is -0.370. The van der Waals surface area contributed by atoms with Crippen LogP contribution in [0.4, 0.5) is 5.69 Å². The van der Waals surface area contributed by atoms with Crippen LogP contribution >= 0.6 is 0 Å². The van der Waals surface area contributed by atoms with Gasteiger partial charge in [0, 0.05) is 5.56 Å². The molecule has 2 aromatic heterocycles. The normalized spacial score (nSPS) is 10.9. The van der Waals surface area contributed by atoms with Gasteiger partial charge in [-0.15, -0.1) is 0 Å². The van der Waals surface area contributed by atoms with Crippen molar-refractivity contribution in [3.05, 3.63) is 71.4 Å². The number of aryl methyl sites for hydroxylation is 2. The van der Waals surface area contributed by atoms with Gasteiger partial charge in [0.15, 0.2) is 0 Å². The van der Waals surface area contributed by atoms with Crippen molar-refractivity contribution in [1.82, 2.24) is 10.1 Å². The summed E-state index contributed by atoms with van der Waals surface area (Å²) in [6, 6.07) is 16.3. The Balaban J connectivity index is 1.81. The number of hydrogen-bond acceptors (Lipinski definition) is 5. The fourth-order valence-electron chi connectivity index (χ4n) is 2.97. The molecule has 6 nitrogen and oxygen atoms in total. The van der Waals surface area contributed by atoms with E-state index in [4.69, 9.17) is 4.52 Å². The summed E-state index contributed by atoms with van der Waals surface area (Å²) in [5.74, 6) is -0.357. The molecule has 0 aliphatic rings. The van der Waals surface area contributed by atoms with Crippen LogP contribution in [0, 0.1) is 13.8 Å². The van der Waals surface area contributed by atoms with Crippen molar-refractivity contribution in [2.24, 2.45) is 0 Å². The highest BCUT2D eigenvalue weighted by Gasteiger charge is 2.20. The minimum absolute atomic E-state index is 0.0129. The van der Waals surface area contributed by atoms with Gasteiger partial charge in [0.1, 0.15) is 5.75 Å². The number of hydrogen-bond donors (Lipinski definition) is 2. The van der Waals surface area contributed by atoms with E-state index in [-0.39, 0.29) is 11.7 Å². The molecule has 2 N–H and O–H groups in total. The van der Waals surface area contributed by atoms with Gasteiger partial charge in [-0.05, 0) is 37.6 Å². The van der Waals surface area contributed by atoms with E-state index >= 15 is 0 Å². The molecular formula is C21H17N3O3. The highest BCUT2D eigenvalue weighted by molar-refractivity contribution is 6.13. The van der Waals surface area contributed by atoms with E-state index < -0.39 is 0 Å². The first-order valence-corrected chi connectivity index (χ1v) is 8.46. The van der Waals surface area contributed by atoms with Crippen molar-refractivity contribution in [3.63, 3.8) is 0 Å². The third-order valence-electron chi connectivity index (χ3n) is 4.33. The molecule has 0 fully saturated rings. The lowest BCUT2D eigenvalue weighted by atomic mass is 10.0. The molecule has 134 valence electrons. The zero-order chi connectivity index (χ0) is 19.0. The molecule has 4 aromatic rings. The summed E-state index contributed by atoms with van der Waals surface area (Å²) >= 11 is 0. The Morgan fingerprint density at radius 3 is 2.59 bits per heavy atom. The highest BCUT2D eigenvalue weighted by Crippen LogP contribution is 2.29. The number of fused-ring (bicyclic) bond motifs is 1. The van der Waals surface area contributed by atoms with Crippen molar-refractivity contribution >= 4 is 22.7 Å². The molecule has 0 spiro atoms. The maximum Gasteiger partial charge on any atom is 0.259 e. The van der Waals surface area contributed by atoms with Gasteiger partial charge >= 0.3 is 0 Å². The SMILES string of the molecule is Cc1ccc(NC(=O)c2cc(-c3ccccc3)nc3onc(C)c23)c(O)c1. The molecule has 0 radical (unpaired) electrons. The molecule has 4 rings (SSSR count). The van der Waals surface area contributed by atoms with Crippen molar-refractivity contribution < 1.29 is 14.4 Å². The number of nitrogens with zero attached hydrogens (tertiary/aromatic N) is 2. The zero-order valence-electron chi connectivity index (χ0n) is 14.9. The predicted octanol–water partition coefficient (Wildman–Crippen LogP) is 4.46. The van der Waals surface area contributed by atoms with Crippen LogP contribution in [0.25, 0.3) is 22.4 Å². The van der Waals surface area contributed by atoms with Gasteiger partial charge in [0.2, 0.25) is 0 Å². The van der Waals surface area contributed by atoms with Crippen molar-refractivity contribution in [2.75, 3.05) is 5.32 Å². The lowest BCUT2D eigenvalue weighted by Crippen LogP contribution is -2.13. The third kappa shape index (κ3) is 3.13. The van der Waals surface area contributed by atoms with Crippen LogP contribution in [0.3, 0.4) is 0 Å². The lowest BCUT2D eigenvalue weighted by molar-refractivity contribution is 0.102. The second-order valence-corrected chi connectivity index (χ2v) is 6.34. The van der Waals surface area contributed by atoms with E-state index in [1.165, 1.54) is 0 Å². The second kappa shape index (κ2) is 6.57. The van der Waals surface area contributed by atoms with Crippen molar-refractivity contribution in [3.8, 4) is 17.0 Å². The topological polar surface area (TPSA) is 88.3 Å². The zero-order valence-corrected chi connectivity index (χ0v) is 14.9. The van der Waals surface area contributed by atoms with E-state index in [0.717, 1.165) is 11.1 Å². The van der Waals surface area contributed by atoms with E-state index in [1.54, 1.807) is 25.1 Å². The monoisotopic (exact) mass is 359 g/mol. The molecule has 0 saturated heterocycles. The van der Waals surface area contributed by atoms with E-state index in [1.807, 2.05) is 43.3 Å². The molecule has 0 aliphatic carbocycles. The molecular weight excluding hydrogens is 342 g/mol. The first-order valence-electron chi connectivity index (χ1n) is 8.46. The number of benzene rings is 2. The number of phenolic OH excluding ortho intramolecular Hbond substituents is 1. The maximum absolute atomic E-state index is 13.0. The summed E-state index contributed by atoms with van der Waals surface area (Å²) in [6.07, 6.45) is 0. The van der Waals surface area contributed by atoms with Crippen LogP contribution in [0.1, 0.15) is 21.6 Å². The number of aromatic hydroxyl groups is 1. The average molecular weight is 359 g/mol. The molecule has 2 aromatic carbocycles. The quantitative estimate of drug-likeness (QED) is 0.527. The number of nitrogens with one attached hydrogen (secondary N) is 1. The highest BCUT2D eigenvalue weighted by atomic mass is 16.5. The fraction of sp³-hybridized carbons (Fsp3) is 0.0952. The van der Waals surface area contributed by atoms with Gasteiger partial charge in [-0.2, -0.15) is 0 Å². The van der Waals surface area contributed by atoms with Gasteiger partial charge in [-0.25, -0.2) is 4.98 Å². The summed E-state index contributed by atoms with van der Waals surface area (Å²) in [7, 11) is 0. The van der Waals surface area contributed by atoms with E-state index in [2.05, 4.69) is 15.5 Å². The first-order chi connectivity index (χ1) is 13.0. The number of amides is 1. The Morgan fingerprint density at radius 2 is 1.85 bits per heavy atom. The van der Waals surface area contributed by atoms with Gasteiger partial charge in [-0.1, -0.05) is 41.6 Å². The first kappa shape index (κ1) is 16.8. The molecule has 0 unspecified atom stereocenters. The summed E-state index contributed by atoms with van der Waals surface area (Å²) in [5, 5.41) is 17.3. The van der Waals surface area contributed by atoms with Crippen LogP contribution in [0.2, 0.25) is 0 Å². The van der Waals surface area contributed by atoms with Gasteiger partial charge in [0.05, 0.1) is 28.0 Å². The van der Waals surface area contributed by atoms with Gasteiger partial charge in [-0.3, -0.25) is 4.79 Å². The lowest BCUT2D eigenvalue weighted by Gasteiger charge is -2.10. The number of pyridine rings is 1. The van der Waals surface area contributed by atoms with Crippen molar-refractivity contribution in [2.45, 2.75) is 13.8 Å². The summed E-state index contributed by atoms with van der Waals surface area (Å²) in [4.78, 5) is 17.5. The summed E-state index contributed by atoms with van der Waals surface area (Å²) in [5.41, 5.74) is 3.97. The van der Waals surface area contributed by atoms with E-state index in [0.29, 0.717) is 33.7 Å². The Kier molecular flexibility index (Phi) is 4.08. The third-order valence-corrected chi connectivity index (χ3v) is 4.33. The molecule has 1 amide bonds. The second-order valence-electron chi connectivity index (χ2n) is 6.34. The molecule has 0 aliphatic heterocycles. The molecule has 2 heterocycles. The standard InChI is InChI=1S/C21H17N3O3/c1-12-8-9-16(18(25)10-12)22-20(26)15-11-17(14-6-4-3-5-7-14)23-21-19(15)13(2)24-27-21/h3-11,25H,1-2H3,(H,22,26). The van der Waals surface area contributed by atoms with Crippen LogP contribution in [-0.4, -0.2) is 21.2 Å². The van der Waals surface area contributed by atoms with Gasteiger partial charge < -0.3 is 14.9 Å². The fourth-order valence-corrected chi connectivity index (χ4v) is 2.97. The largest absolute Gasteiger partial charge is 0.506 e. The Morgan fingerprint density at radius 1 is 1.07 bits per heavy atom. The Labute approximate surface area is 155 Å². The van der Waals surface area contributed by atoms with Crippen LogP contribution in [0.15, 0.2) is 59.1 Å². The molecule has 6 heteroatoms. The molecule has 0 atom stereocenters. The maximum atomic E-state index is 13.0. The number of phenols is 1. The van der Waals surface area contributed by atoms with Gasteiger partial charge in [0.25, 0.3) is 11.6 Å². The summed E-state index contributed by atoms with van der Waals surface area (Å²) in [6.45, 7) is 3.63. The predicted molar refractivity (Wildman–Crippen MR) is 103 cm³/mol. The minimum Gasteiger partial charge on any atom is -0.506 e.